The molecule has 18 heavy (non-hydrogen) atoms. The maximum atomic E-state index is 11.8. The molecule has 0 saturated heterocycles. The van der Waals surface area contributed by atoms with E-state index >= 15 is 0 Å². The summed E-state index contributed by atoms with van der Waals surface area (Å²) in [6.45, 7) is 2.32. The highest BCUT2D eigenvalue weighted by Crippen LogP contribution is 2.03. The summed E-state index contributed by atoms with van der Waals surface area (Å²) in [6.07, 6.45) is 0. The Morgan fingerprint density at radius 3 is 2.67 bits per heavy atom. The smallest absolute Gasteiger partial charge is 0.364 e. The van der Waals surface area contributed by atoms with Gasteiger partial charge in [-0.2, -0.15) is 0 Å². The molecule has 2 rings (SSSR count). The van der Waals surface area contributed by atoms with Gasteiger partial charge in [-0.1, -0.05) is 29.8 Å². The lowest BCUT2D eigenvalue weighted by Crippen LogP contribution is -2.22. The highest BCUT2D eigenvalue weighted by molar-refractivity contribution is 5.86. The molecule has 6 nitrogen and oxygen atoms in total. The van der Waals surface area contributed by atoms with Crippen molar-refractivity contribution in [3.63, 3.8) is 0 Å². The molecule has 6 heteroatoms. The summed E-state index contributed by atoms with van der Waals surface area (Å²) < 4.78 is 5.72. The Kier molecular flexibility index (Phi) is 3.27. The average molecular weight is 247 g/mol. The predicted molar refractivity (Wildman–Crippen MR) is 64.5 cm³/mol. The Balaban J connectivity index is 2.25. The van der Waals surface area contributed by atoms with Crippen molar-refractivity contribution in [1.29, 1.82) is 0 Å². The summed E-state index contributed by atoms with van der Waals surface area (Å²) in [4.78, 5) is 23.0. The lowest BCUT2D eigenvalue weighted by Gasteiger charge is -2.01. The van der Waals surface area contributed by atoms with E-state index in [0.29, 0.717) is 6.54 Å². The molecular weight excluding hydrogens is 234 g/mol. The molecule has 0 radical (unpaired) electrons. The van der Waals surface area contributed by atoms with Crippen LogP contribution < -0.4 is 5.56 Å². The number of rotatable bonds is 3. The van der Waals surface area contributed by atoms with Gasteiger partial charge in [-0.15, -0.1) is 5.10 Å². The Bertz CT molecular complexity index is 610. The van der Waals surface area contributed by atoms with Crippen LogP contribution in [0.15, 0.2) is 29.1 Å². The molecule has 1 heterocycles. The second-order valence-electron chi connectivity index (χ2n) is 3.93. The number of methoxy groups -OCH3 is 1. The van der Waals surface area contributed by atoms with Crippen LogP contribution >= 0.6 is 0 Å². The van der Waals surface area contributed by atoms with Crippen LogP contribution in [0.1, 0.15) is 21.6 Å². The first-order chi connectivity index (χ1) is 8.61. The van der Waals surface area contributed by atoms with Gasteiger partial charge in [0.1, 0.15) is 0 Å². The molecule has 0 aliphatic heterocycles. The number of H-pyrrole nitrogens is 1. The molecule has 1 aromatic heterocycles. The van der Waals surface area contributed by atoms with Crippen LogP contribution in [0.5, 0.6) is 0 Å². The van der Waals surface area contributed by atoms with Crippen molar-refractivity contribution in [2.75, 3.05) is 7.11 Å². The van der Waals surface area contributed by atoms with E-state index in [4.69, 9.17) is 0 Å². The monoisotopic (exact) mass is 247 g/mol. The Hall–Kier alpha value is -2.37. The molecule has 94 valence electrons. The number of carbonyl (C=O) groups excluding carboxylic acids is 1. The zero-order chi connectivity index (χ0) is 13.1. The molecule has 1 aromatic carbocycles. The zero-order valence-corrected chi connectivity index (χ0v) is 10.1. The number of aromatic nitrogens is 3. The van der Waals surface area contributed by atoms with Gasteiger partial charge in [0.25, 0.3) is 0 Å². The van der Waals surface area contributed by atoms with E-state index in [1.807, 2.05) is 31.2 Å². The maximum Gasteiger partial charge on any atom is 0.364 e. The van der Waals surface area contributed by atoms with Crippen molar-refractivity contribution in [3.8, 4) is 0 Å². The first-order valence-corrected chi connectivity index (χ1v) is 5.41. The second-order valence-corrected chi connectivity index (χ2v) is 3.93. The first-order valence-electron chi connectivity index (χ1n) is 5.41. The molecule has 2 aromatic rings. The minimum Gasteiger partial charge on any atom is -0.464 e. The SMILES string of the molecule is COC(=O)c1n[nH]n(Cc2ccc(C)cc2)c1=O. The molecule has 0 aliphatic carbocycles. The standard InChI is InChI=1S/C12H13N3O3/c1-8-3-5-9(6-4-8)7-15-11(16)10(13-14-15)12(17)18-2/h3-6,14H,7H2,1-2H3. The van der Waals surface area contributed by atoms with E-state index in [1.165, 1.54) is 11.8 Å². The lowest BCUT2D eigenvalue weighted by atomic mass is 10.1. The fourth-order valence-corrected chi connectivity index (χ4v) is 1.54. The van der Waals surface area contributed by atoms with Crippen LogP contribution in [0.4, 0.5) is 0 Å². The number of aryl methyl sites for hydroxylation is 1. The topological polar surface area (TPSA) is 77.0 Å². The van der Waals surface area contributed by atoms with Crippen LogP contribution in [0.25, 0.3) is 0 Å². The minimum absolute atomic E-state index is 0.232. The molecule has 0 fully saturated rings. The highest BCUT2D eigenvalue weighted by Gasteiger charge is 2.16. The van der Waals surface area contributed by atoms with Crippen molar-refractivity contribution >= 4 is 5.97 Å². The summed E-state index contributed by atoms with van der Waals surface area (Å²) in [7, 11) is 1.21. The van der Waals surface area contributed by atoms with E-state index in [0.717, 1.165) is 11.1 Å². The number of aromatic amines is 1. The highest BCUT2D eigenvalue weighted by atomic mass is 16.5. The molecule has 0 spiro atoms. The predicted octanol–water partition coefficient (Wildman–Crippen LogP) is 0.715. The molecule has 1 N–H and O–H groups in total. The van der Waals surface area contributed by atoms with E-state index in [9.17, 15) is 9.59 Å². The zero-order valence-electron chi connectivity index (χ0n) is 10.1. The third kappa shape index (κ3) is 2.32. The molecule has 0 amide bonds. The molecule has 0 bridgehead atoms. The summed E-state index contributed by atoms with van der Waals surface area (Å²) in [6, 6.07) is 7.75. The third-order valence-corrected chi connectivity index (χ3v) is 2.57. The molecule has 0 aliphatic rings. The summed E-state index contributed by atoms with van der Waals surface area (Å²) in [5.41, 5.74) is 1.38. The van der Waals surface area contributed by atoms with Crippen LogP contribution in [-0.2, 0) is 11.3 Å². The quantitative estimate of drug-likeness (QED) is 0.810. The number of ether oxygens (including phenoxy) is 1. The van der Waals surface area contributed by atoms with Gasteiger partial charge in [0.05, 0.1) is 13.7 Å². The fourth-order valence-electron chi connectivity index (χ4n) is 1.54. The summed E-state index contributed by atoms with van der Waals surface area (Å²) in [5, 5.41) is 6.16. The Labute approximate surface area is 103 Å². The number of nitrogens with one attached hydrogen (secondary N) is 1. The van der Waals surface area contributed by atoms with Gasteiger partial charge >= 0.3 is 11.5 Å². The van der Waals surface area contributed by atoms with Crippen LogP contribution in [-0.4, -0.2) is 28.1 Å². The fraction of sp³-hybridized carbons (Fsp3) is 0.250. The van der Waals surface area contributed by atoms with E-state index in [2.05, 4.69) is 15.0 Å². The molecular formula is C12H13N3O3. The second kappa shape index (κ2) is 4.87. The van der Waals surface area contributed by atoms with Crippen LogP contribution in [0, 0.1) is 6.92 Å². The van der Waals surface area contributed by atoms with E-state index < -0.39 is 11.5 Å². The Morgan fingerprint density at radius 2 is 2.06 bits per heavy atom. The number of esters is 1. The van der Waals surface area contributed by atoms with Crippen molar-refractivity contribution in [2.45, 2.75) is 13.5 Å². The number of carbonyl (C=O) groups is 1. The minimum atomic E-state index is -0.737. The summed E-state index contributed by atoms with van der Waals surface area (Å²) in [5.74, 6) is -0.737. The van der Waals surface area contributed by atoms with Gasteiger partial charge in [-0.05, 0) is 12.5 Å². The van der Waals surface area contributed by atoms with Gasteiger partial charge in [-0.3, -0.25) is 4.79 Å². The van der Waals surface area contributed by atoms with Crippen LogP contribution in [0.2, 0.25) is 0 Å². The lowest BCUT2D eigenvalue weighted by molar-refractivity contribution is 0.0592. The van der Waals surface area contributed by atoms with Gasteiger partial charge in [0.15, 0.2) is 0 Å². The Morgan fingerprint density at radius 1 is 1.39 bits per heavy atom. The normalized spacial score (nSPS) is 10.3. The number of nitrogens with zero attached hydrogens (tertiary/aromatic N) is 2. The number of benzene rings is 1. The van der Waals surface area contributed by atoms with Crippen molar-refractivity contribution in [2.24, 2.45) is 0 Å². The third-order valence-electron chi connectivity index (χ3n) is 2.57. The van der Waals surface area contributed by atoms with Crippen molar-refractivity contribution in [1.82, 2.24) is 15.0 Å². The van der Waals surface area contributed by atoms with Crippen LogP contribution in [0.3, 0.4) is 0 Å². The number of hydrogen-bond acceptors (Lipinski definition) is 4. The molecule has 0 unspecified atom stereocenters. The maximum absolute atomic E-state index is 11.8. The largest absolute Gasteiger partial charge is 0.464 e. The van der Waals surface area contributed by atoms with Gasteiger partial charge < -0.3 is 4.74 Å². The average Bonchev–Trinajstić information content (AvgIpc) is 2.73. The first kappa shape index (κ1) is 12.1. The molecule has 0 atom stereocenters. The van der Waals surface area contributed by atoms with Crippen molar-refractivity contribution in [3.05, 3.63) is 51.4 Å². The van der Waals surface area contributed by atoms with E-state index in [-0.39, 0.29) is 5.69 Å². The molecule has 0 saturated carbocycles. The van der Waals surface area contributed by atoms with Gasteiger partial charge in [0, 0.05) is 0 Å². The van der Waals surface area contributed by atoms with E-state index in [1.54, 1.807) is 0 Å². The summed E-state index contributed by atoms with van der Waals surface area (Å²) >= 11 is 0. The van der Waals surface area contributed by atoms with Crippen molar-refractivity contribution < 1.29 is 9.53 Å². The van der Waals surface area contributed by atoms with Gasteiger partial charge in [0.2, 0.25) is 5.69 Å². The van der Waals surface area contributed by atoms with Gasteiger partial charge in [-0.25, -0.2) is 14.7 Å². The number of hydrogen-bond donors (Lipinski definition) is 1.